The zero-order chi connectivity index (χ0) is 21.8. The molecule has 3 aromatic carbocycles. The lowest BCUT2D eigenvalue weighted by atomic mass is 9.98. The standard InChI is InChI=1S/C26H21NO4/c1-17(28)19-13-12-18(15-25(19)29)7-6-14-27-26(30)31-16-24-22-10-4-2-8-20(22)21-9-3-5-11-23(21)24/h2-5,8-13,15,24,29H,14,16H2,1H3,(H,27,30). The van der Waals surface area contributed by atoms with Crippen molar-refractivity contribution in [2.24, 2.45) is 0 Å². The van der Waals surface area contributed by atoms with Crippen molar-refractivity contribution in [3.63, 3.8) is 0 Å². The third-order valence-electron chi connectivity index (χ3n) is 5.27. The Kier molecular flexibility index (Phi) is 5.72. The minimum Gasteiger partial charge on any atom is -0.507 e. The van der Waals surface area contributed by atoms with Crippen LogP contribution >= 0.6 is 0 Å². The van der Waals surface area contributed by atoms with Gasteiger partial charge in [0.05, 0.1) is 12.1 Å². The van der Waals surface area contributed by atoms with Crippen molar-refractivity contribution in [2.75, 3.05) is 13.2 Å². The fourth-order valence-corrected chi connectivity index (χ4v) is 3.82. The van der Waals surface area contributed by atoms with Gasteiger partial charge in [-0.25, -0.2) is 4.79 Å². The summed E-state index contributed by atoms with van der Waals surface area (Å²) in [5.41, 5.74) is 5.48. The van der Waals surface area contributed by atoms with Crippen molar-refractivity contribution in [1.82, 2.24) is 5.32 Å². The number of Topliss-reactive ketones (excluding diaryl/α,β-unsaturated/α-hetero) is 1. The maximum Gasteiger partial charge on any atom is 0.407 e. The van der Waals surface area contributed by atoms with E-state index in [1.165, 1.54) is 30.2 Å². The SMILES string of the molecule is CC(=O)c1ccc(C#CCNC(=O)OCC2c3ccccc3-c3ccccc32)cc1O. The van der Waals surface area contributed by atoms with Crippen LogP contribution in [0.3, 0.4) is 0 Å². The summed E-state index contributed by atoms with van der Waals surface area (Å²) in [6.07, 6.45) is -0.536. The van der Waals surface area contributed by atoms with E-state index < -0.39 is 6.09 Å². The molecule has 0 saturated carbocycles. The first-order valence-corrected chi connectivity index (χ1v) is 9.96. The number of aromatic hydroxyl groups is 1. The van der Waals surface area contributed by atoms with Crippen LogP contribution in [0, 0.1) is 11.8 Å². The topological polar surface area (TPSA) is 75.6 Å². The molecule has 31 heavy (non-hydrogen) atoms. The molecule has 0 unspecified atom stereocenters. The monoisotopic (exact) mass is 411 g/mol. The second-order valence-corrected chi connectivity index (χ2v) is 7.27. The zero-order valence-electron chi connectivity index (χ0n) is 17.0. The van der Waals surface area contributed by atoms with E-state index in [1.54, 1.807) is 6.07 Å². The van der Waals surface area contributed by atoms with Crippen molar-refractivity contribution < 1.29 is 19.4 Å². The van der Waals surface area contributed by atoms with Gasteiger partial charge in [0.2, 0.25) is 0 Å². The molecule has 1 amide bonds. The lowest BCUT2D eigenvalue weighted by molar-refractivity contribution is 0.101. The summed E-state index contributed by atoms with van der Waals surface area (Å²) >= 11 is 0. The smallest absolute Gasteiger partial charge is 0.407 e. The average molecular weight is 411 g/mol. The van der Waals surface area contributed by atoms with Crippen LogP contribution in [0.25, 0.3) is 11.1 Å². The van der Waals surface area contributed by atoms with Crippen molar-refractivity contribution in [1.29, 1.82) is 0 Å². The summed E-state index contributed by atoms with van der Waals surface area (Å²) in [5.74, 6) is 5.33. The molecule has 3 aromatic rings. The molecule has 0 aliphatic heterocycles. The van der Waals surface area contributed by atoms with Crippen molar-refractivity contribution >= 4 is 11.9 Å². The number of hydrogen-bond donors (Lipinski definition) is 2. The number of nitrogens with one attached hydrogen (secondary N) is 1. The number of hydrogen-bond acceptors (Lipinski definition) is 4. The number of alkyl carbamates (subject to hydrolysis) is 1. The molecular weight excluding hydrogens is 390 g/mol. The molecule has 1 aliphatic carbocycles. The number of ketones is 1. The van der Waals surface area contributed by atoms with E-state index in [2.05, 4.69) is 41.4 Å². The number of amides is 1. The normalized spacial score (nSPS) is 11.6. The molecule has 2 N–H and O–H groups in total. The predicted octanol–water partition coefficient (Wildman–Crippen LogP) is 4.49. The molecule has 0 bridgehead atoms. The van der Waals surface area contributed by atoms with E-state index in [9.17, 15) is 14.7 Å². The molecule has 5 nitrogen and oxygen atoms in total. The average Bonchev–Trinajstić information content (AvgIpc) is 3.09. The first-order valence-electron chi connectivity index (χ1n) is 9.96. The molecular formula is C26H21NO4. The van der Waals surface area contributed by atoms with E-state index in [0.717, 1.165) is 11.1 Å². The largest absolute Gasteiger partial charge is 0.507 e. The number of phenolic OH excluding ortho intramolecular Hbond substituents is 1. The third kappa shape index (κ3) is 4.29. The molecule has 154 valence electrons. The number of ether oxygens (including phenoxy) is 1. The van der Waals surface area contributed by atoms with Gasteiger partial charge < -0.3 is 15.2 Å². The Balaban J connectivity index is 1.34. The van der Waals surface area contributed by atoms with Gasteiger partial charge in [-0.1, -0.05) is 60.4 Å². The summed E-state index contributed by atoms with van der Waals surface area (Å²) in [6.45, 7) is 1.73. The van der Waals surface area contributed by atoms with E-state index in [-0.39, 0.29) is 36.2 Å². The van der Waals surface area contributed by atoms with Crippen LogP contribution in [0.2, 0.25) is 0 Å². The second-order valence-electron chi connectivity index (χ2n) is 7.27. The fourth-order valence-electron chi connectivity index (χ4n) is 3.82. The quantitative estimate of drug-likeness (QED) is 0.490. The number of rotatable bonds is 4. The van der Waals surface area contributed by atoms with Gasteiger partial charge in [0.15, 0.2) is 5.78 Å². The Hall–Kier alpha value is -4.04. The summed E-state index contributed by atoms with van der Waals surface area (Å²) in [7, 11) is 0. The summed E-state index contributed by atoms with van der Waals surface area (Å²) in [5, 5.41) is 12.5. The first-order chi connectivity index (χ1) is 15.0. The van der Waals surface area contributed by atoms with Gasteiger partial charge in [-0.2, -0.15) is 0 Å². The highest BCUT2D eigenvalue weighted by atomic mass is 16.5. The molecule has 4 rings (SSSR count). The van der Waals surface area contributed by atoms with Crippen LogP contribution in [0.4, 0.5) is 4.79 Å². The van der Waals surface area contributed by atoms with Gasteiger partial charge in [-0.15, -0.1) is 0 Å². The number of fused-ring (bicyclic) bond motifs is 3. The van der Waals surface area contributed by atoms with Crippen molar-refractivity contribution in [3.05, 3.63) is 89.0 Å². The molecule has 0 fully saturated rings. The van der Waals surface area contributed by atoms with Gasteiger partial charge >= 0.3 is 6.09 Å². The lowest BCUT2D eigenvalue weighted by Gasteiger charge is -2.14. The Bertz CT molecular complexity index is 1170. The molecule has 0 atom stereocenters. The highest BCUT2D eigenvalue weighted by Gasteiger charge is 2.28. The zero-order valence-corrected chi connectivity index (χ0v) is 17.0. The first kappa shape index (κ1) is 20.2. The van der Waals surface area contributed by atoms with Crippen LogP contribution < -0.4 is 5.32 Å². The maximum absolute atomic E-state index is 12.1. The maximum atomic E-state index is 12.1. The van der Waals surface area contributed by atoms with Crippen LogP contribution in [0.1, 0.15) is 39.9 Å². The third-order valence-corrected chi connectivity index (χ3v) is 5.27. The van der Waals surface area contributed by atoms with Crippen molar-refractivity contribution in [2.45, 2.75) is 12.8 Å². The predicted molar refractivity (Wildman–Crippen MR) is 118 cm³/mol. The van der Waals surface area contributed by atoms with Crippen LogP contribution in [-0.2, 0) is 4.74 Å². The van der Waals surface area contributed by atoms with E-state index in [1.807, 2.05) is 24.3 Å². The molecule has 0 saturated heterocycles. The molecule has 0 aromatic heterocycles. The Morgan fingerprint density at radius 1 is 1.00 bits per heavy atom. The van der Waals surface area contributed by atoms with Gasteiger partial charge in [-0.3, -0.25) is 4.79 Å². The summed E-state index contributed by atoms with van der Waals surface area (Å²) in [4.78, 5) is 23.5. The molecule has 1 aliphatic rings. The van der Waals surface area contributed by atoms with Gasteiger partial charge in [0.1, 0.15) is 12.4 Å². The van der Waals surface area contributed by atoms with E-state index in [0.29, 0.717) is 5.56 Å². The summed E-state index contributed by atoms with van der Waals surface area (Å²) in [6, 6.07) is 20.9. The second kappa shape index (κ2) is 8.76. The summed E-state index contributed by atoms with van der Waals surface area (Å²) < 4.78 is 5.46. The van der Waals surface area contributed by atoms with E-state index in [4.69, 9.17) is 4.74 Å². The number of phenols is 1. The minimum atomic E-state index is -0.536. The molecule has 0 heterocycles. The number of benzene rings is 3. The Morgan fingerprint density at radius 3 is 2.26 bits per heavy atom. The Morgan fingerprint density at radius 2 is 1.65 bits per heavy atom. The van der Waals surface area contributed by atoms with Crippen molar-refractivity contribution in [3.8, 4) is 28.7 Å². The van der Waals surface area contributed by atoms with E-state index >= 15 is 0 Å². The van der Waals surface area contributed by atoms with Gasteiger partial charge in [0, 0.05) is 11.5 Å². The number of carbonyl (C=O) groups excluding carboxylic acids is 2. The number of carbonyl (C=O) groups is 2. The van der Waals surface area contributed by atoms with Gasteiger partial charge in [0.25, 0.3) is 0 Å². The van der Waals surface area contributed by atoms with Crippen LogP contribution in [0.5, 0.6) is 5.75 Å². The fraction of sp³-hybridized carbons (Fsp3) is 0.154. The highest BCUT2D eigenvalue weighted by molar-refractivity contribution is 5.96. The van der Waals surface area contributed by atoms with Crippen LogP contribution in [0.15, 0.2) is 66.7 Å². The lowest BCUT2D eigenvalue weighted by Crippen LogP contribution is -2.26. The highest BCUT2D eigenvalue weighted by Crippen LogP contribution is 2.44. The molecule has 0 radical (unpaired) electrons. The molecule has 0 spiro atoms. The van der Waals surface area contributed by atoms with Crippen LogP contribution in [-0.4, -0.2) is 30.1 Å². The van der Waals surface area contributed by atoms with Gasteiger partial charge in [-0.05, 0) is 47.4 Å². The Labute approximate surface area is 180 Å². The minimum absolute atomic E-state index is 0.00648. The molecule has 5 heteroatoms.